The second kappa shape index (κ2) is 9.00. The average Bonchev–Trinajstić information content (AvgIpc) is 2.54. The van der Waals surface area contributed by atoms with Gasteiger partial charge in [0.05, 0.1) is 12.3 Å². The Morgan fingerprint density at radius 2 is 2.00 bits per heavy atom. The normalized spacial score (nSPS) is 11.2. The third-order valence-electron chi connectivity index (χ3n) is 3.42. The highest BCUT2D eigenvalue weighted by Gasteiger charge is 2.19. The number of carbonyl (C=O) groups excluding carboxylic acids is 1. The summed E-state index contributed by atoms with van der Waals surface area (Å²) in [6.07, 6.45) is 0. The molecule has 1 N–H and O–H groups in total. The first-order valence-corrected chi connectivity index (χ1v) is 10.1. The molecule has 0 radical (unpaired) electrons. The van der Waals surface area contributed by atoms with Gasteiger partial charge >= 0.3 is 0 Å². The van der Waals surface area contributed by atoms with Gasteiger partial charge in [-0.2, -0.15) is 0 Å². The SMILES string of the molecule is Cc1cccc(OCCNC(=O)CS(=O)(=O)Cc2ccc(F)cc2Cl)c1. The van der Waals surface area contributed by atoms with E-state index in [1.807, 2.05) is 25.1 Å². The van der Waals surface area contributed by atoms with Gasteiger partial charge in [-0.1, -0.05) is 29.8 Å². The van der Waals surface area contributed by atoms with Crippen molar-refractivity contribution < 1.29 is 22.3 Å². The van der Waals surface area contributed by atoms with E-state index in [9.17, 15) is 17.6 Å². The lowest BCUT2D eigenvalue weighted by Crippen LogP contribution is -2.33. The topological polar surface area (TPSA) is 72.5 Å². The summed E-state index contributed by atoms with van der Waals surface area (Å²) < 4.78 is 42.7. The molecule has 5 nitrogen and oxygen atoms in total. The number of nitrogens with one attached hydrogen (secondary N) is 1. The Morgan fingerprint density at radius 3 is 2.69 bits per heavy atom. The molecule has 2 aromatic rings. The summed E-state index contributed by atoms with van der Waals surface area (Å²) in [6.45, 7) is 2.34. The fourth-order valence-electron chi connectivity index (χ4n) is 2.24. The van der Waals surface area contributed by atoms with Crippen LogP contribution in [0.3, 0.4) is 0 Å². The second-order valence-corrected chi connectivity index (χ2v) is 8.25. The van der Waals surface area contributed by atoms with Gasteiger partial charge in [0.1, 0.15) is 23.9 Å². The van der Waals surface area contributed by atoms with Crippen molar-refractivity contribution in [3.05, 3.63) is 64.4 Å². The molecule has 0 saturated heterocycles. The Kier molecular flexibility index (Phi) is 6.99. The average molecular weight is 400 g/mol. The Bertz CT molecular complexity index is 887. The summed E-state index contributed by atoms with van der Waals surface area (Å²) in [7, 11) is -3.72. The highest BCUT2D eigenvalue weighted by molar-refractivity contribution is 7.91. The molecular weight excluding hydrogens is 381 g/mol. The van der Waals surface area contributed by atoms with Crippen molar-refractivity contribution in [2.75, 3.05) is 18.9 Å². The minimum absolute atomic E-state index is 0.0144. The molecule has 2 rings (SSSR count). The fraction of sp³-hybridized carbons (Fsp3) is 0.278. The zero-order valence-electron chi connectivity index (χ0n) is 14.2. The molecule has 140 valence electrons. The summed E-state index contributed by atoms with van der Waals surface area (Å²) in [5.74, 6) is -1.61. The minimum atomic E-state index is -3.72. The summed E-state index contributed by atoms with van der Waals surface area (Å²) >= 11 is 5.82. The summed E-state index contributed by atoms with van der Waals surface area (Å²) in [4.78, 5) is 11.8. The van der Waals surface area contributed by atoms with Gasteiger partial charge in [0.25, 0.3) is 0 Å². The zero-order valence-corrected chi connectivity index (χ0v) is 15.7. The second-order valence-electron chi connectivity index (χ2n) is 5.78. The van der Waals surface area contributed by atoms with Gasteiger partial charge in [0, 0.05) is 5.02 Å². The number of rotatable bonds is 8. The van der Waals surface area contributed by atoms with Crippen LogP contribution in [0.4, 0.5) is 4.39 Å². The van der Waals surface area contributed by atoms with Gasteiger partial charge in [-0.05, 0) is 42.3 Å². The van der Waals surface area contributed by atoms with Gasteiger partial charge in [-0.3, -0.25) is 4.79 Å². The molecule has 0 atom stereocenters. The minimum Gasteiger partial charge on any atom is -0.492 e. The lowest BCUT2D eigenvalue weighted by atomic mass is 10.2. The van der Waals surface area contributed by atoms with Crippen molar-refractivity contribution in [1.29, 1.82) is 0 Å². The van der Waals surface area contributed by atoms with E-state index in [2.05, 4.69) is 5.32 Å². The first-order valence-electron chi connectivity index (χ1n) is 7.86. The van der Waals surface area contributed by atoms with E-state index in [1.165, 1.54) is 6.07 Å². The van der Waals surface area contributed by atoms with Crippen LogP contribution < -0.4 is 10.1 Å². The monoisotopic (exact) mass is 399 g/mol. The van der Waals surface area contributed by atoms with Crippen LogP contribution in [0.2, 0.25) is 5.02 Å². The van der Waals surface area contributed by atoms with Crippen LogP contribution in [0.25, 0.3) is 0 Å². The van der Waals surface area contributed by atoms with Gasteiger partial charge in [0.15, 0.2) is 9.84 Å². The first-order chi connectivity index (χ1) is 12.2. The molecule has 0 aromatic heterocycles. The molecule has 0 aliphatic heterocycles. The highest BCUT2D eigenvalue weighted by Crippen LogP contribution is 2.19. The third-order valence-corrected chi connectivity index (χ3v) is 5.23. The van der Waals surface area contributed by atoms with Crippen LogP contribution >= 0.6 is 11.6 Å². The number of benzene rings is 2. The number of sulfone groups is 1. The predicted molar refractivity (Wildman–Crippen MR) is 98.6 cm³/mol. The standard InChI is InChI=1S/C18H19ClFNO4S/c1-13-3-2-4-16(9-13)25-8-7-21-18(22)12-26(23,24)11-14-5-6-15(20)10-17(14)19/h2-6,9-10H,7-8,11-12H2,1H3,(H,21,22). The molecule has 0 fully saturated rings. The number of halogens is 2. The Balaban J connectivity index is 1.78. The first kappa shape index (κ1) is 20.2. The molecule has 1 amide bonds. The molecule has 0 unspecified atom stereocenters. The van der Waals surface area contributed by atoms with Crippen molar-refractivity contribution in [3.63, 3.8) is 0 Å². The molecule has 8 heteroatoms. The van der Waals surface area contributed by atoms with Gasteiger partial charge in [0.2, 0.25) is 5.91 Å². The van der Waals surface area contributed by atoms with Crippen molar-refractivity contribution in [2.24, 2.45) is 0 Å². The van der Waals surface area contributed by atoms with E-state index in [1.54, 1.807) is 6.07 Å². The van der Waals surface area contributed by atoms with Gasteiger partial charge in [-0.15, -0.1) is 0 Å². The number of hydrogen-bond donors (Lipinski definition) is 1. The molecule has 0 aliphatic rings. The van der Waals surface area contributed by atoms with Gasteiger partial charge in [-0.25, -0.2) is 12.8 Å². The van der Waals surface area contributed by atoms with Crippen LogP contribution in [0.15, 0.2) is 42.5 Å². The third kappa shape index (κ3) is 6.65. The summed E-state index contributed by atoms with van der Waals surface area (Å²) in [6, 6.07) is 10.9. The van der Waals surface area contributed by atoms with Gasteiger partial charge < -0.3 is 10.1 Å². The van der Waals surface area contributed by atoms with Crippen LogP contribution in [-0.2, 0) is 20.4 Å². The van der Waals surface area contributed by atoms with Crippen LogP contribution in [0, 0.1) is 12.7 Å². The number of hydrogen-bond acceptors (Lipinski definition) is 4. The molecule has 26 heavy (non-hydrogen) atoms. The van der Waals surface area contributed by atoms with Crippen LogP contribution in [0.1, 0.15) is 11.1 Å². The van der Waals surface area contributed by atoms with Crippen molar-refractivity contribution in [3.8, 4) is 5.75 Å². The predicted octanol–water partition coefficient (Wildman–Crippen LogP) is 2.90. The smallest absolute Gasteiger partial charge is 0.235 e. The Hall–Kier alpha value is -2.12. The maximum atomic E-state index is 13.0. The zero-order chi connectivity index (χ0) is 19.2. The lowest BCUT2D eigenvalue weighted by molar-refractivity contribution is -0.118. The fourth-order valence-corrected chi connectivity index (χ4v) is 3.88. The maximum absolute atomic E-state index is 13.0. The highest BCUT2D eigenvalue weighted by atomic mass is 35.5. The number of amides is 1. The Labute approximate surface area is 157 Å². The lowest BCUT2D eigenvalue weighted by Gasteiger charge is -2.09. The molecule has 0 bridgehead atoms. The number of ether oxygens (including phenoxy) is 1. The molecular formula is C18H19ClFNO4S. The molecule has 2 aromatic carbocycles. The number of carbonyl (C=O) groups is 1. The summed E-state index contributed by atoms with van der Waals surface area (Å²) in [5.41, 5.74) is 1.31. The van der Waals surface area contributed by atoms with E-state index < -0.39 is 33.1 Å². The van der Waals surface area contributed by atoms with Crippen LogP contribution in [0.5, 0.6) is 5.75 Å². The Morgan fingerprint density at radius 1 is 1.23 bits per heavy atom. The largest absolute Gasteiger partial charge is 0.492 e. The van der Waals surface area contributed by atoms with Crippen molar-refractivity contribution >= 4 is 27.3 Å². The maximum Gasteiger partial charge on any atom is 0.235 e. The van der Waals surface area contributed by atoms with E-state index >= 15 is 0 Å². The van der Waals surface area contributed by atoms with E-state index in [0.717, 1.165) is 17.7 Å². The van der Waals surface area contributed by atoms with E-state index in [4.69, 9.17) is 16.3 Å². The molecule has 0 spiro atoms. The van der Waals surface area contributed by atoms with E-state index in [-0.39, 0.29) is 23.7 Å². The summed E-state index contributed by atoms with van der Waals surface area (Å²) in [5, 5.41) is 2.51. The van der Waals surface area contributed by atoms with Crippen molar-refractivity contribution in [1.82, 2.24) is 5.32 Å². The molecule has 0 saturated carbocycles. The molecule has 0 aliphatic carbocycles. The van der Waals surface area contributed by atoms with Crippen LogP contribution in [-0.4, -0.2) is 33.2 Å². The quantitative estimate of drug-likeness (QED) is 0.693. The molecule has 0 heterocycles. The van der Waals surface area contributed by atoms with Crippen molar-refractivity contribution in [2.45, 2.75) is 12.7 Å². The number of aryl methyl sites for hydroxylation is 1. The van der Waals surface area contributed by atoms with E-state index in [0.29, 0.717) is 5.75 Å².